The number of hydrogen-bond acceptors (Lipinski definition) is 7. The van der Waals surface area contributed by atoms with Gasteiger partial charge in [0.15, 0.2) is 0 Å². The van der Waals surface area contributed by atoms with Crippen LogP contribution in [-0.4, -0.2) is 53.0 Å². The molecule has 2 N–H and O–H groups in total. The van der Waals surface area contributed by atoms with E-state index in [0.717, 1.165) is 28.2 Å². The molecule has 10 heteroatoms. The topological polar surface area (TPSA) is 114 Å². The van der Waals surface area contributed by atoms with Gasteiger partial charge in [0.05, 0.1) is 7.11 Å². The first-order valence-corrected chi connectivity index (χ1v) is 12.2. The number of para-hydroxylation sites is 1. The Balaban J connectivity index is 1.27. The van der Waals surface area contributed by atoms with Gasteiger partial charge in [0, 0.05) is 36.8 Å². The van der Waals surface area contributed by atoms with Gasteiger partial charge >= 0.3 is 0 Å². The largest absolute Gasteiger partial charge is 0.496 e. The van der Waals surface area contributed by atoms with Gasteiger partial charge in [-0.1, -0.05) is 47.2 Å². The molecule has 0 radical (unpaired) electrons. The number of carbonyl (C=O) groups excluding carboxylic acids is 3. The first-order valence-electron chi connectivity index (χ1n) is 11.3. The summed E-state index contributed by atoms with van der Waals surface area (Å²) in [6, 6.07) is 15.0. The molecule has 1 saturated heterocycles. The van der Waals surface area contributed by atoms with Crippen LogP contribution in [0.25, 0.3) is 0 Å². The Bertz CT molecular complexity index is 1200. The monoisotopic (exact) mass is 493 g/mol. The molecule has 2 aromatic carbocycles. The number of nitrogens with zero attached hydrogens (tertiary/aromatic N) is 3. The van der Waals surface area contributed by atoms with E-state index >= 15 is 0 Å². The quantitative estimate of drug-likeness (QED) is 0.522. The van der Waals surface area contributed by atoms with Crippen molar-refractivity contribution in [2.24, 2.45) is 5.92 Å². The van der Waals surface area contributed by atoms with E-state index in [-0.39, 0.29) is 27.7 Å². The normalized spacial score (nSPS) is 13.8. The van der Waals surface area contributed by atoms with Crippen LogP contribution in [0.15, 0.2) is 48.5 Å². The van der Waals surface area contributed by atoms with Gasteiger partial charge < -0.3 is 20.3 Å². The third-order valence-electron chi connectivity index (χ3n) is 5.91. The highest BCUT2D eigenvalue weighted by Crippen LogP contribution is 2.22. The molecule has 0 saturated carbocycles. The molecule has 0 aliphatic carbocycles. The van der Waals surface area contributed by atoms with E-state index in [1.807, 2.05) is 43.3 Å². The maximum Gasteiger partial charge on any atom is 0.286 e. The van der Waals surface area contributed by atoms with E-state index < -0.39 is 5.91 Å². The summed E-state index contributed by atoms with van der Waals surface area (Å²) in [4.78, 5) is 39.6. The van der Waals surface area contributed by atoms with E-state index in [0.29, 0.717) is 38.2 Å². The fourth-order valence-electron chi connectivity index (χ4n) is 3.88. The molecule has 2 heterocycles. The Morgan fingerprint density at radius 3 is 2.43 bits per heavy atom. The zero-order valence-electron chi connectivity index (χ0n) is 19.6. The van der Waals surface area contributed by atoms with Crippen LogP contribution in [0.2, 0.25) is 0 Å². The summed E-state index contributed by atoms with van der Waals surface area (Å²) in [5.41, 5.74) is 2.65. The number of benzene rings is 2. The van der Waals surface area contributed by atoms with Crippen LogP contribution in [-0.2, 0) is 11.3 Å². The number of piperidine rings is 1. The van der Waals surface area contributed by atoms with Crippen molar-refractivity contribution < 1.29 is 19.1 Å². The van der Waals surface area contributed by atoms with Gasteiger partial charge in [-0.2, -0.15) is 0 Å². The highest BCUT2D eigenvalue weighted by molar-refractivity contribution is 7.15. The minimum atomic E-state index is -0.407. The van der Waals surface area contributed by atoms with E-state index in [2.05, 4.69) is 20.8 Å². The molecule has 3 amide bonds. The van der Waals surface area contributed by atoms with Crippen LogP contribution in [0, 0.1) is 12.8 Å². The number of hydrogen-bond donors (Lipinski definition) is 2. The molecule has 9 nitrogen and oxygen atoms in total. The van der Waals surface area contributed by atoms with Crippen molar-refractivity contribution in [1.82, 2.24) is 20.4 Å². The third kappa shape index (κ3) is 6.02. The van der Waals surface area contributed by atoms with Crippen LogP contribution in [0.5, 0.6) is 5.75 Å². The van der Waals surface area contributed by atoms with E-state index in [9.17, 15) is 14.4 Å². The molecule has 1 aliphatic rings. The molecule has 1 aliphatic heterocycles. The van der Waals surface area contributed by atoms with Crippen LogP contribution in [0.1, 0.15) is 43.6 Å². The number of rotatable bonds is 7. The number of aryl methyl sites for hydroxylation is 1. The SMILES string of the molecule is COc1ccccc1CNC(=O)C1CCN(C(=O)c2nnc(C(=O)Nc3ccc(C)cc3)s2)CC1. The van der Waals surface area contributed by atoms with Crippen LogP contribution >= 0.6 is 11.3 Å². The molecule has 0 unspecified atom stereocenters. The molecule has 1 fully saturated rings. The second-order valence-corrected chi connectivity index (χ2v) is 9.31. The van der Waals surface area contributed by atoms with Gasteiger partial charge in [-0.05, 0) is 38.0 Å². The number of amides is 3. The first-order chi connectivity index (χ1) is 16.9. The Hall–Kier alpha value is -3.79. The van der Waals surface area contributed by atoms with Crippen molar-refractivity contribution >= 4 is 34.7 Å². The number of methoxy groups -OCH3 is 1. The van der Waals surface area contributed by atoms with Crippen molar-refractivity contribution in [1.29, 1.82) is 0 Å². The summed E-state index contributed by atoms with van der Waals surface area (Å²) in [6.45, 7) is 3.23. The predicted molar refractivity (Wildman–Crippen MR) is 133 cm³/mol. The lowest BCUT2D eigenvalue weighted by Gasteiger charge is -2.30. The molecule has 4 rings (SSSR count). The molecule has 1 aromatic heterocycles. The van der Waals surface area contributed by atoms with E-state index in [1.165, 1.54) is 0 Å². The second kappa shape index (κ2) is 11.1. The van der Waals surface area contributed by atoms with Gasteiger partial charge in [0.25, 0.3) is 11.8 Å². The Morgan fingerprint density at radius 1 is 1.03 bits per heavy atom. The minimum absolute atomic E-state index is 0.0333. The maximum atomic E-state index is 12.9. The zero-order valence-corrected chi connectivity index (χ0v) is 20.4. The second-order valence-electron chi connectivity index (χ2n) is 8.33. The highest BCUT2D eigenvalue weighted by atomic mass is 32.1. The molecule has 35 heavy (non-hydrogen) atoms. The van der Waals surface area contributed by atoms with Crippen LogP contribution in [0.4, 0.5) is 5.69 Å². The standard InChI is InChI=1S/C25H27N5O4S/c1-16-7-9-19(10-8-16)27-22(32)23-28-29-24(35-23)25(33)30-13-11-17(12-14-30)21(31)26-15-18-5-3-4-6-20(18)34-2/h3-10,17H,11-15H2,1-2H3,(H,26,31)(H,27,32). The van der Waals surface area contributed by atoms with E-state index in [4.69, 9.17) is 4.74 Å². The Morgan fingerprint density at radius 2 is 1.71 bits per heavy atom. The summed E-state index contributed by atoms with van der Waals surface area (Å²) >= 11 is 0.965. The number of ether oxygens (including phenoxy) is 1. The molecule has 0 bridgehead atoms. The molecular formula is C25H27N5O4S. The number of carbonyl (C=O) groups is 3. The summed E-state index contributed by atoms with van der Waals surface area (Å²) in [7, 11) is 1.60. The van der Waals surface area contributed by atoms with E-state index in [1.54, 1.807) is 24.1 Å². The third-order valence-corrected chi connectivity index (χ3v) is 6.82. The van der Waals surface area contributed by atoms with Gasteiger partial charge in [-0.25, -0.2) is 0 Å². The zero-order chi connectivity index (χ0) is 24.8. The van der Waals surface area contributed by atoms with Crippen molar-refractivity contribution in [3.63, 3.8) is 0 Å². The number of likely N-dealkylation sites (tertiary alicyclic amines) is 1. The fourth-order valence-corrected chi connectivity index (χ4v) is 4.59. The minimum Gasteiger partial charge on any atom is -0.496 e. The molecule has 0 atom stereocenters. The summed E-state index contributed by atoms with van der Waals surface area (Å²) in [5.74, 6) is -0.147. The predicted octanol–water partition coefficient (Wildman–Crippen LogP) is 3.28. The molecule has 182 valence electrons. The first kappa shape index (κ1) is 24.3. The number of anilines is 1. The lowest BCUT2D eigenvalue weighted by Crippen LogP contribution is -2.42. The van der Waals surface area contributed by atoms with Crippen LogP contribution < -0.4 is 15.4 Å². The van der Waals surface area contributed by atoms with Gasteiger partial charge in [0.1, 0.15) is 5.75 Å². The summed E-state index contributed by atoms with van der Waals surface area (Å²) < 4.78 is 5.33. The number of nitrogens with one attached hydrogen (secondary N) is 2. The highest BCUT2D eigenvalue weighted by Gasteiger charge is 2.30. The molecule has 3 aromatic rings. The lowest BCUT2D eigenvalue weighted by molar-refractivity contribution is -0.126. The van der Waals surface area contributed by atoms with Gasteiger partial charge in [0.2, 0.25) is 15.9 Å². The average molecular weight is 494 g/mol. The van der Waals surface area contributed by atoms with Crippen molar-refractivity contribution in [3.05, 3.63) is 69.7 Å². The number of aromatic nitrogens is 2. The van der Waals surface area contributed by atoms with Crippen LogP contribution in [0.3, 0.4) is 0 Å². The Kier molecular flexibility index (Phi) is 7.71. The molecule has 0 spiro atoms. The Labute approximate surface area is 207 Å². The maximum absolute atomic E-state index is 12.9. The molecular weight excluding hydrogens is 466 g/mol. The van der Waals surface area contributed by atoms with Gasteiger partial charge in [-0.3, -0.25) is 14.4 Å². The van der Waals surface area contributed by atoms with Crippen molar-refractivity contribution in [2.75, 3.05) is 25.5 Å². The lowest BCUT2D eigenvalue weighted by atomic mass is 9.95. The fraction of sp³-hybridized carbons (Fsp3) is 0.320. The average Bonchev–Trinajstić information content (AvgIpc) is 3.39. The van der Waals surface area contributed by atoms with Gasteiger partial charge in [-0.15, -0.1) is 10.2 Å². The smallest absolute Gasteiger partial charge is 0.286 e. The van der Waals surface area contributed by atoms with Crippen molar-refractivity contribution in [2.45, 2.75) is 26.3 Å². The van der Waals surface area contributed by atoms with Crippen molar-refractivity contribution in [3.8, 4) is 5.75 Å². The summed E-state index contributed by atoms with van der Waals surface area (Å²) in [6.07, 6.45) is 1.12. The summed E-state index contributed by atoms with van der Waals surface area (Å²) in [5, 5.41) is 13.8.